The zero-order valence-electron chi connectivity index (χ0n) is 8.28. The second kappa shape index (κ2) is 4.19. The van der Waals surface area contributed by atoms with Crippen molar-refractivity contribution in [2.24, 2.45) is 0 Å². The minimum atomic E-state index is -0.579. The molecule has 0 fully saturated rings. The molecule has 70 valence electrons. The maximum atomic E-state index is 9.68. The first-order valence-electron chi connectivity index (χ1n) is 4.36. The molecule has 0 saturated carbocycles. The summed E-state index contributed by atoms with van der Waals surface area (Å²) in [5.41, 5.74) is 2.73. The standard InChI is InChI=1S/C11H15NO/c1-8(2)7-11(13)10-6-4-5-9(3)12-10/h4-7,11,13H,1-3H3. The van der Waals surface area contributed by atoms with E-state index in [1.54, 1.807) is 6.08 Å². The van der Waals surface area contributed by atoms with Crippen molar-refractivity contribution in [1.29, 1.82) is 0 Å². The predicted molar refractivity (Wildman–Crippen MR) is 53.4 cm³/mol. The molecule has 0 aliphatic carbocycles. The van der Waals surface area contributed by atoms with E-state index in [9.17, 15) is 5.11 Å². The maximum absolute atomic E-state index is 9.68. The van der Waals surface area contributed by atoms with E-state index < -0.39 is 6.10 Å². The topological polar surface area (TPSA) is 33.1 Å². The fourth-order valence-corrected chi connectivity index (χ4v) is 1.13. The SMILES string of the molecule is CC(C)=CC(O)c1cccc(C)n1. The molecule has 0 aliphatic heterocycles. The van der Waals surface area contributed by atoms with Gasteiger partial charge in [-0.15, -0.1) is 0 Å². The van der Waals surface area contributed by atoms with Gasteiger partial charge in [0, 0.05) is 5.69 Å². The normalized spacial score (nSPS) is 12.3. The Morgan fingerprint density at radius 1 is 1.46 bits per heavy atom. The lowest BCUT2D eigenvalue weighted by atomic mass is 10.1. The third kappa shape index (κ3) is 2.99. The Morgan fingerprint density at radius 2 is 2.15 bits per heavy atom. The fourth-order valence-electron chi connectivity index (χ4n) is 1.13. The van der Waals surface area contributed by atoms with Crippen LogP contribution in [0.25, 0.3) is 0 Å². The van der Waals surface area contributed by atoms with Crippen LogP contribution < -0.4 is 0 Å². The van der Waals surface area contributed by atoms with Crippen molar-refractivity contribution in [1.82, 2.24) is 4.98 Å². The van der Waals surface area contributed by atoms with Crippen LogP contribution in [0.1, 0.15) is 31.3 Å². The van der Waals surface area contributed by atoms with Crippen molar-refractivity contribution in [3.8, 4) is 0 Å². The van der Waals surface area contributed by atoms with Crippen molar-refractivity contribution in [2.75, 3.05) is 0 Å². The van der Waals surface area contributed by atoms with Gasteiger partial charge in [0.1, 0.15) is 6.10 Å². The Balaban J connectivity index is 2.89. The molecule has 2 nitrogen and oxygen atoms in total. The van der Waals surface area contributed by atoms with E-state index in [-0.39, 0.29) is 0 Å². The van der Waals surface area contributed by atoms with Crippen molar-refractivity contribution in [3.63, 3.8) is 0 Å². The first kappa shape index (κ1) is 9.93. The number of aromatic nitrogens is 1. The zero-order valence-corrected chi connectivity index (χ0v) is 8.28. The van der Waals surface area contributed by atoms with Crippen LogP contribution in [0.4, 0.5) is 0 Å². The van der Waals surface area contributed by atoms with Crippen LogP contribution in [0.2, 0.25) is 0 Å². The van der Waals surface area contributed by atoms with Gasteiger partial charge in [0.2, 0.25) is 0 Å². The van der Waals surface area contributed by atoms with Gasteiger partial charge in [0.15, 0.2) is 0 Å². The van der Waals surface area contributed by atoms with Crippen LogP contribution >= 0.6 is 0 Å². The van der Waals surface area contributed by atoms with Crippen LogP contribution in [0.5, 0.6) is 0 Å². The summed E-state index contributed by atoms with van der Waals surface area (Å²) in [4.78, 5) is 4.23. The van der Waals surface area contributed by atoms with Gasteiger partial charge >= 0.3 is 0 Å². The summed E-state index contributed by atoms with van der Waals surface area (Å²) in [5, 5.41) is 9.68. The summed E-state index contributed by atoms with van der Waals surface area (Å²) in [6.45, 7) is 5.83. The number of hydrogen-bond donors (Lipinski definition) is 1. The Labute approximate surface area is 78.9 Å². The summed E-state index contributed by atoms with van der Waals surface area (Å²) in [6, 6.07) is 5.65. The Bertz CT molecular complexity index is 314. The number of nitrogens with zero attached hydrogens (tertiary/aromatic N) is 1. The smallest absolute Gasteiger partial charge is 0.114 e. The number of aryl methyl sites for hydroxylation is 1. The summed E-state index contributed by atoms with van der Waals surface area (Å²) in [7, 11) is 0. The van der Waals surface area contributed by atoms with E-state index in [1.165, 1.54) is 0 Å². The van der Waals surface area contributed by atoms with Gasteiger partial charge in [-0.05, 0) is 32.9 Å². The highest BCUT2D eigenvalue weighted by atomic mass is 16.3. The maximum Gasteiger partial charge on any atom is 0.114 e. The second-order valence-electron chi connectivity index (χ2n) is 3.39. The summed E-state index contributed by atoms with van der Waals surface area (Å²) in [5.74, 6) is 0. The first-order valence-corrected chi connectivity index (χ1v) is 4.36. The largest absolute Gasteiger partial charge is 0.383 e. The predicted octanol–water partition coefficient (Wildman–Crippen LogP) is 2.39. The van der Waals surface area contributed by atoms with E-state index in [2.05, 4.69) is 4.98 Å². The molecule has 1 N–H and O–H groups in total. The number of hydrogen-bond acceptors (Lipinski definition) is 2. The van der Waals surface area contributed by atoms with Crippen LogP contribution in [0.15, 0.2) is 29.8 Å². The molecule has 13 heavy (non-hydrogen) atoms. The fraction of sp³-hybridized carbons (Fsp3) is 0.364. The molecule has 1 atom stereocenters. The molecule has 1 heterocycles. The molecule has 1 rings (SSSR count). The molecule has 0 aromatic carbocycles. The van der Waals surface area contributed by atoms with Gasteiger partial charge in [-0.25, -0.2) is 0 Å². The number of aliphatic hydroxyl groups is 1. The Morgan fingerprint density at radius 3 is 2.69 bits per heavy atom. The average Bonchev–Trinajstić information content (AvgIpc) is 2.03. The second-order valence-corrected chi connectivity index (χ2v) is 3.39. The molecule has 1 aromatic rings. The van der Waals surface area contributed by atoms with E-state index >= 15 is 0 Å². The van der Waals surface area contributed by atoms with Gasteiger partial charge in [0.25, 0.3) is 0 Å². The molecule has 0 radical (unpaired) electrons. The third-order valence-electron chi connectivity index (χ3n) is 1.70. The molecular weight excluding hydrogens is 162 g/mol. The van der Waals surface area contributed by atoms with Crippen LogP contribution in [0, 0.1) is 6.92 Å². The van der Waals surface area contributed by atoms with Crippen molar-refractivity contribution >= 4 is 0 Å². The van der Waals surface area contributed by atoms with Gasteiger partial charge in [-0.3, -0.25) is 4.98 Å². The summed E-state index contributed by atoms with van der Waals surface area (Å²) < 4.78 is 0. The van der Waals surface area contributed by atoms with Crippen molar-refractivity contribution in [3.05, 3.63) is 41.2 Å². The highest BCUT2D eigenvalue weighted by molar-refractivity contribution is 5.16. The lowest BCUT2D eigenvalue weighted by Gasteiger charge is -2.06. The van der Waals surface area contributed by atoms with Gasteiger partial charge in [-0.1, -0.05) is 17.7 Å². The van der Waals surface area contributed by atoms with Crippen LogP contribution in [0.3, 0.4) is 0 Å². The lowest BCUT2D eigenvalue weighted by molar-refractivity contribution is 0.222. The molecule has 0 bridgehead atoms. The molecule has 0 spiro atoms. The van der Waals surface area contributed by atoms with Gasteiger partial charge in [-0.2, -0.15) is 0 Å². The average molecular weight is 177 g/mol. The quantitative estimate of drug-likeness (QED) is 0.703. The first-order chi connectivity index (χ1) is 6.09. The Kier molecular flexibility index (Phi) is 3.20. The minimum absolute atomic E-state index is 0.579. The molecule has 2 heteroatoms. The lowest BCUT2D eigenvalue weighted by Crippen LogP contribution is -1.98. The molecular formula is C11H15NO. The van der Waals surface area contributed by atoms with Crippen molar-refractivity contribution in [2.45, 2.75) is 26.9 Å². The molecule has 1 aromatic heterocycles. The van der Waals surface area contributed by atoms with E-state index in [0.717, 1.165) is 11.3 Å². The van der Waals surface area contributed by atoms with E-state index in [4.69, 9.17) is 0 Å². The van der Waals surface area contributed by atoms with E-state index in [1.807, 2.05) is 39.0 Å². The third-order valence-corrected chi connectivity index (χ3v) is 1.70. The highest BCUT2D eigenvalue weighted by Crippen LogP contribution is 2.13. The monoisotopic (exact) mass is 177 g/mol. The number of rotatable bonds is 2. The van der Waals surface area contributed by atoms with Crippen molar-refractivity contribution < 1.29 is 5.11 Å². The highest BCUT2D eigenvalue weighted by Gasteiger charge is 2.04. The number of pyridine rings is 1. The zero-order chi connectivity index (χ0) is 9.84. The number of allylic oxidation sites excluding steroid dienone is 1. The van der Waals surface area contributed by atoms with Crippen LogP contribution in [-0.4, -0.2) is 10.1 Å². The van der Waals surface area contributed by atoms with Crippen LogP contribution in [-0.2, 0) is 0 Å². The molecule has 1 unspecified atom stereocenters. The summed E-state index contributed by atoms with van der Waals surface area (Å²) in [6.07, 6.45) is 1.21. The molecule has 0 aliphatic rings. The molecule has 0 saturated heterocycles. The number of aliphatic hydroxyl groups excluding tert-OH is 1. The van der Waals surface area contributed by atoms with Gasteiger partial charge < -0.3 is 5.11 Å². The van der Waals surface area contributed by atoms with Gasteiger partial charge in [0.05, 0.1) is 5.69 Å². The Hall–Kier alpha value is -1.15. The summed E-state index contributed by atoms with van der Waals surface area (Å²) >= 11 is 0. The van der Waals surface area contributed by atoms with E-state index in [0.29, 0.717) is 5.69 Å². The molecule has 0 amide bonds. The minimum Gasteiger partial charge on any atom is -0.383 e.